The van der Waals surface area contributed by atoms with Crippen LogP contribution in [0.4, 0.5) is 0 Å². The van der Waals surface area contributed by atoms with Crippen molar-refractivity contribution in [1.29, 1.82) is 0 Å². The Balaban J connectivity index is 1.24. The van der Waals surface area contributed by atoms with Gasteiger partial charge in [-0.05, 0) is 106 Å². The number of cyclic esters (lactones) is 1. The van der Waals surface area contributed by atoms with E-state index in [2.05, 4.69) is 71.8 Å². The number of amides is 3. The van der Waals surface area contributed by atoms with Crippen molar-refractivity contribution in [3.8, 4) is 11.3 Å². The van der Waals surface area contributed by atoms with Crippen LogP contribution >= 0.6 is 0 Å². The predicted molar refractivity (Wildman–Crippen MR) is 248 cm³/mol. The zero-order valence-corrected chi connectivity index (χ0v) is 39.7. The van der Waals surface area contributed by atoms with Crippen LogP contribution in [0.2, 0.25) is 0 Å². The standard InChI is InChI=1S/C49H69N9O7/c1-10-42(59)55-24-20-35(28-55)58(63)53(8)44(31(3)4)46(60)51-40-29-54-22-13-15-34(27-54)33-18-19-41-37(25-33)38(45(56(41)11-2)36-16-12-21-50-43(36)32(5)64-9)26-49(6,7)30-65-48(62)39-17-14-23-57(52-39)47(40)61/h10,12,16,18-19,21,25,31-32,34-35,39-40,44,52H,1,11,13-15,17,20,22-24,26-30H2,2-9H3/p+1/t32-,34+,35-,39-,40-,44-/m0/s1. The molecule has 2 aromatic heterocycles. The Labute approximate surface area is 383 Å². The van der Waals surface area contributed by atoms with E-state index in [9.17, 15) is 24.1 Å². The molecule has 4 aliphatic heterocycles. The number of hydrogen-bond acceptors (Lipinski definition) is 10. The Morgan fingerprint density at radius 1 is 1.09 bits per heavy atom. The number of ether oxygens (including phenoxy) is 2. The second kappa shape index (κ2) is 20.1. The average Bonchev–Trinajstić information content (AvgIpc) is 3.92. The van der Waals surface area contributed by atoms with E-state index in [0.717, 1.165) is 58.7 Å². The number of likely N-dealkylation sites (tertiary alicyclic amines) is 1. The first kappa shape index (κ1) is 47.8. The van der Waals surface area contributed by atoms with Crippen LogP contribution in [0.25, 0.3) is 22.2 Å². The van der Waals surface area contributed by atoms with E-state index in [4.69, 9.17) is 14.5 Å². The fourth-order valence-corrected chi connectivity index (χ4v) is 10.5. The second-order valence-electron chi connectivity index (χ2n) is 19.6. The van der Waals surface area contributed by atoms with Crippen LogP contribution in [0.5, 0.6) is 0 Å². The zero-order chi connectivity index (χ0) is 46.7. The number of hydrogen-bond donors (Lipinski definition) is 2. The summed E-state index contributed by atoms with van der Waals surface area (Å²) >= 11 is 0. The quantitative estimate of drug-likeness (QED) is 0.113. The molecule has 0 aliphatic carbocycles. The number of rotatable bonds is 11. The molecule has 65 heavy (non-hydrogen) atoms. The maximum absolute atomic E-state index is 14.7. The molecule has 16 heteroatoms. The smallest absolute Gasteiger partial charge is 0.324 e. The third-order valence-electron chi connectivity index (χ3n) is 13.9. The number of methoxy groups -OCH3 is 1. The highest BCUT2D eigenvalue weighted by molar-refractivity contribution is 5.93. The van der Waals surface area contributed by atoms with Crippen molar-refractivity contribution in [3.05, 3.63) is 70.9 Å². The lowest BCUT2D eigenvalue weighted by molar-refractivity contribution is -0.732. The zero-order valence-electron chi connectivity index (χ0n) is 39.7. The molecule has 0 saturated carbocycles. The lowest BCUT2D eigenvalue weighted by atomic mass is 9.83. The van der Waals surface area contributed by atoms with E-state index in [-0.39, 0.29) is 49.5 Å². The molecule has 3 aromatic rings. The normalized spacial score (nSPS) is 24.8. The van der Waals surface area contributed by atoms with Gasteiger partial charge in [-0.1, -0.05) is 40.3 Å². The molecule has 6 heterocycles. The Morgan fingerprint density at radius 2 is 1.86 bits per heavy atom. The maximum Gasteiger partial charge on any atom is 0.324 e. The van der Waals surface area contributed by atoms with Crippen LogP contribution in [0, 0.1) is 16.2 Å². The number of nitroso groups, excluding NO2 is 1. The average molecular weight is 897 g/mol. The van der Waals surface area contributed by atoms with Gasteiger partial charge >= 0.3 is 5.97 Å². The molecule has 2 N–H and O–H groups in total. The van der Waals surface area contributed by atoms with Crippen molar-refractivity contribution in [2.24, 2.45) is 11.3 Å². The molecule has 0 spiro atoms. The van der Waals surface area contributed by atoms with Gasteiger partial charge in [-0.2, -0.15) is 0 Å². The Hall–Kier alpha value is -5.19. The lowest BCUT2D eigenvalue weighted by Gasteiger charge is -2.39. The first-order valence-electron chi connectivity index (χ1n) is 23.6. The number of esters is 1. The highest BCUT2D eigenvalue weighted by Gasteiger charge is 2.45. The summed E-state index contributed by atoms with van der Waals surface area (Å²) in [7, 11) is 3.29. The maximum atomic E-state index is 14.7. The van der Waals surface area contributed by atoms with E-state index in [1.165, 1.54) is 27.2 Å². The summed E-state index contributed by atoms with van der Waals surface area (Å²) in [5.74, 6) is -1.61. The number of pyridine rings is 1. The number of aryl methyl sites for hydroxylation is 1. The predicted octanol–water partition coefficient (Wildman–Crippen LogP) is 5.15. The number of piperidine rings is 1. The third-order valence-corrected chi connectivity index (χ3v) is 13.9. The van der Waals surface area contributed by atoms with Gasteiger partial charge in [0.05, 0.1) is 42.6 Å². The van der Waals surface area contributed by atoms with Crippen LogP contribution in [-0.2, 0) is 41.6 Å². The number of nitrogens with zero attached hydrogens (tertiary/aromatic N) is 7. The Morgan fingerprint density at radius 3 is 2.58 bits per heavy atom. The highest BCUT2D eigenvalue weighted by Crippen LogP contribution is 2.42. The number of aromatic nitrogens is 2. The number of nitrogens with one attached hydrogen (secondary N) is 2. The van der Waals surface area contributed by atoms with Gasteiger partial charge in [-0.15, -0.1) is 5.01 Å². The van der Waals surface area contributed by atoms with Gasteiger partial charge in [0.15, 0.2) is 6.04 Å². The second-order valence-corrected chi connectivity index (χ2v) is 19.6. The van der Waals surface area contributed by atoms with E-state index in [0.29, 0.717) is 45.3 Å². The fraction of sp³-hybridized carbons (Fsp3) is 0.612. The molecule has 352 valence electrons. The van der Waals surface area contributed by atoms with Crippen LogP contribution in [0.1, 0.15) is 102 Å². The summed E-state index contributed by atoms with van der Waals surface area (Å²) in [4.78, 5) is 78.8. The van der Waals surface area contributed by atoms with Crippen molar-refractivity contribution < 1.29 is 33.5 Å². The Bertz CT molecular complexity index is 2270. The van der Waals surface area contributed by atoms with Crippen molar-refractivity contribution in [3.63, 3.8) is 0 Å². The van der Waals surface area contributed by atoms with Gasteiger partial charge in [-0.25, -0.2) is 5.43 Å². The summed E-state index contributed by atoms with van der Waals surface area (Å²) in [6, 6.07) is 7.73. The summed E-state index contributed by atoms with van der Waals surface area (Å²) in [6.45, 7) is 19.3. The first-order valence-corrected chi connectivity index (χ1v) is 23.6. The van der Waals surface area contributed by atoms with Crippen LogP contribution in [0.15, 0.2) is 49.2 Å². The van der Waals surface area contributed by atoms with E-state index >= 15 is 0 Å². The van der Waals surface area contributed by atoms with Crippen molar-refractivity contribution in [2.45, 2.75) is 123 Å². The van der Waals surface area contributed by atoms with Crippen molar-refractivity contribution in [1.82, 2.24) is 40.1 Å². The molecule has 0 radical (unpaired) electrons. The fourth-order valence-electron chi connectivity index (χ4n) is 10.5. The van der Waals surface area contributed by atoms with Gasteiger partial charge in [-0.3, -0.25) is 29.2 Å². The number of benzene rings is 1. The lowest BCUT2D eigenvalue weighted by Crippen LogP contribution is -2.64. The van der Waals surface area contributed by atoms with E-state index in [1.807, 2.05) is 33.0 Å². The summed E-state index contributed by atoms with van der Waals surface area (Å²) in [6.07, 6.45) is 6.82. The molecule has 3 amide bonds. The molecular weight excluding hydrogens is 827 g/mol. The molecule has 7 rings (SSSR count). The minimum atomic E-state index is -0.985. The summed E-state index contributed by atoms with van der Waals surface area (Å²) in [5.41, 5.74) is 9.16. The first-order chi connectivity index (χ1) is 31.0. The van der Waals surface area contributed by atoms with Gasteiger partial charge in [0.1, 0.15) is 17.0 Å². The molecule has 7 atom stereocenters. The molecule has 1 unspecified atom stereocenters. The van der Waals surface area contributed by atoms with Gasteiger partial charge < -0.3 is 29.2 Å². The van der Waals surface area contributed by atoms with Crippen LogP contribution in [-0.4, -0.2) is 142 Å². The molecule has 3 fully saturated rings. The highest BCUT2D eigenvalue weighted by atomic mass is 16.5. The molecule has 1 aromatic carbocycles. The van der Waals surface area contributed by atoms with Crippen LogP contribution < -0.4 is 10.7 Å². The van der Waals surface area contributed by atoms with E-state index < -0.39 is 41.5 Å². The molecule has 3 saturated heterocycles. The number of fused-ring (bicyclic) bond motifs is 6. The molecular formula is C49H70N9O7+. The monoisotopic (exact) mass is 897 g/mol. The van der Waals surface area contributed by atoms with Crippen molar-refractivity contribution >= 4 is 34.6 Å². The topological polar surface area (TPSA) is 162 Å². The SMILES string of the molecule is C=CC(=O)N1CC[C@H]([N+](=O)N(C)[C@H](C(=O)N[C@H]2CN3CCC[C@H](C3)c3ccc4c(c3)c(c(-c3cccnc3[C@H](C)OC)n4CC)CC(C)(C)COC(=O)[C@@H]3CCCN(N3)C2=O)C(C)C)C1. The van der Waals surface area contributed by atoms with Gasteiger partial charge in [0.2, 0.25) is 11.8 Å². The third kappa shape index (κ3) is 10.1. The van der Waals surface area contributed by atoms with Crippen LogP contribution in [0.3, 0.4) is 0 Å². The number of hydrazine groups is 2. The summed E-state index contributed by atoms with van der Waals surface area (Å²) < 4.78 is 14.3. The number of likely N-dealkylation sites (N-methyl/N-ethyl adjacent to an activating group) is 1. The minimum absolute atomic E-state index is 0.158. The largest absolute Gasteiger partial charge is 0.464 e. The van der Waals surface area contributed by atoms with Crippen molar-refractivity contribution in [2.75, 3.05) is 60.0 Å². The number of carbonyl (C=O) groups excluding carboxylic acids is 4. The number of carbonyl (C=O) groups is 4. The Kier molecular flexibility index (Phi) is 14.8. The molecule has 4 aliphatic rings. The molecule has 6 bridgehead atoms. The molecule has 16 nitrogen and oxygen atoms in total. The minimum Gasteiger partial charge on any atom is -0.464 e. The van der Waals surface area contributed by atoms with E-state index in [1.54, 1.807) is 19.1 Å². The van der Waals surface area contributed by atoms with Gasteiger partial charge in [0, 0.05) is 74.3 Å². The summed E-state index contributed by atoms with van der Waals surface area (Å²) in [5, 5.41) is 7.12. The van der Waals surface area contributed by atoms with Gasteiger partial charge in [0.25, 0.3) is 11.9 Å².